The smallest absolute Gasteiger partial charge is 0.228 e. The van der Waals surface area contributed by atoms with Crippen molar-refractivity contribution in [3.63, 3.8) is 0 Å². The van der Waals surface area contributed by atoms with E-state index in [1.54, 1.807) is 9.80 Å². The lowest BCUT2D eigenvalue weighted by molar-refractivity contribution is -0.135. The molecular weight excluding hydrogens is 280 g/mol. The Balaban J connectivity index is 1.68. The first-order valence-electron chi connectivity index (χ1n) is 7.94. The van der Waals surface area contributed by atoms with Gasteiger partial charge in [-0.2, -0.15) is 0 Å². The normalized spacial score (nSPS) is 25.1. The van der Waals surface area contributed by atoms with Gasteiger partial charge in [0.05, 0.1) is 12.0 Å². The van der Waals surface area contributed by atoms with Crippen molar-refractivity contribution in [2.45, 2.75) is 32.3 Å². The average Bonchev–Trinajstić information content (AvgIpc) is 3.13. The minimum Gasteiger partial charge on any atom is -0.391 e. The second-order valence-electron chi connectivity index (χ2n) is 6.15. The first-order chi connectivity index (χ1) is 10.6. The summed E-state index contributed by atoms with van der Waals surface area (Å²) in [7, 11) is 0. The number of hydrogen-bond acceptors (Lipinski definition) is 3. The molecular formula is C17H22N2O3. The Morgan fingerprint density at radius 2 is 2.00 bits per heavy atom. The highest BCUT2D eigenvalue weighted by Crippen LogP contribution is 2.27. The van der Waals surface area contributed by atoms with Crippen molar-refractivity contribution in [1.82, 2.24) is 4.90 Å². The number of anilines is 1. The maximum absolute atomic E-state index is 12.5. The lowest BCUT2D eigenvalue weighted by atomic mass is 10.1. The molecule has 0 radical (unpaired) electrons. The van der Waals surface area contributed by atoms with Crippen LogP contribution in [-0.4, -0.2) is 47.6 Å². The molecule has 1 aromatic carbocycles. The number of nitrogens with zero attached hydrogens (tertiary/aromatic N) is 2. The van der Waals surface area contributed by atoms with Crippen molar-refractivity contribution in [2.75, 3.05) is 24.5 Å². The molecule has 0 aliphatic carbocycles. The van der Waals surface area contributed by atoms with E-state index in [0.717, 1.165) is 12.1 Å². The molecule has 2 heterocycles. The summed E-state index contributed by atoms with van der Waals surface area (Å²) in [6.07, 6.45) is 1.45. The number of benzene rings is 1. The fourth-order valence-corrected chi connectivity index (χ4v) is 3.23. The highest BCUT2D eigenvalue weighted by molar-refractivity contribution is 6.00. The second-order valence-corrected chi connectivity index (χ2v) is 6.15. The number of aliphatic hydroxyl groups excluding tert-OH is 1. The molecule has 118 valence electrons. The largest absolute Gasteiger partial charge is 0.391 e. The van der Waals surface area contributed by atoms with Gasteiger partial charge in [-0.1, -0.05) is 19.1 Å². The number of aryl methyl sites for hydroxylation is 1. The Bertz CT molecular complexity index is 570. The maximum atomic E-state index is 12.5. The van der Waals surface area contributed by atoms with Gasteiger partial charge in [-0.25, -0.2) is 0 Å². The van der Waals surface area contributed by atoms with Crippen LogP contribution in [0.15, 0.2) is 24.3 Å². The zero-order valence-corrected chi connectivity index (χ0v) is 12.9. The molecule has 22 heavy (non-hydrogen) atoms. The van der Waals surface area contributed by atoms with E-state index in [4.69, 9.17) is 0 Å². The minimum atomic E-state index is -0.418. The van der Waals surface area contributed by atoms with E-state index in [2.05, 4.69) is 6.92 Å². The summed E-state index contributed by atoms with van der Waals surface area (Å²) in [6.45, 7) is 3.52. The SMILES string of the molecule is CCc1ccc(N2CC(C(=O)N3CC[C@H](O)C3)CC2=O)cc1. The molecule has 1 unspecified atom stereocenters. The van der Waals surface area contributed by atoms with Gasteiger partial charge < -0.3 is 14.9 Å². The molecule has 0 aromatic heterocycles. The monoisotopic (exact) mass is 302 g/mol. The van der Waals surface area contributed by atoms with Crippen LogP contribution in [0.25, 0.3) is 0 Å². The first kappa shape index (κ1) is 15.0. The molecule has 5 nitrogen and oxygen atoms in total. The highest BCUT2D eigenvalue weighted by Gasteiger charge is 2.38. The van der Waals surface area contributed by atoms with Crippen molar-refractivity contribution in [3.8, 4) is 0 Å². The number of rotatable bonds is 3. The van der Waals surface area contributed by atoms with Crippen LogP contribution in [-0.2, 0) is 16.0 Å². The van der Waals surface area contributed by atoms with Crippen LogP contribution in [0.2, 0.25) is 0 Å². The highest BCUT2D eigenvalue weighted by atomic mass is 16.3. The summed E-state index contributed by atoms with van der Waals surface area (Å²) in [5, 5.41) is 9.55. The molecule has 0 saturated carbocycles. The Labute approximate surface area is 130 Å². The van der Waals surface area contributed by atoms with Crippen molar-refractivity contribution in [2.24, 2.45) is 5.92 Å². The third-order valence-corrected chi connectivity index (χ3v) is 4.61. The van der Waals surface area contributed by atoms with Gasteiger partial charge in [-0.15, -0.1) is 0 Å². The van der Waals surface area contributed by atoms with Gasteiger partial charge in [0.15, 0.2) is 0 Å². The summed E-state index contributed by atoms with van der Waals surface area (Å²) in [5.74, 6) is -0.288. The molecule has 0 bridgehead atoms. The zero-order valence-electron chi connectivity index (χ0n) is 12.9. The predicted molar refractivity (Wildman–Crippen MR) is 83.5 cm³/mol. The van der Waals surface area contributed by atoms with Crippen LogP contribution in [0, 0.1) is 5.92 Å². The Hall–Kier alpha value is -1.88. The van der Waals surface area contributed by atoms with E-state index in [0.29, 0.717) is 26.1 Å². The number of β-amino-alcohol motifs (C(OH)–C–C–N with tert-alkyl or cyclic N) is 1. The Kier molecular flexibility index (Phi) is 4.16. The minimum absolute atomic E-state index is 0.00217. The van der Waals surface area contributed by atoms with E-state index in [1.165, 1.54) is 5.56 Å². The second kappa shape index (κ2) is 6.08. The van der Waals surface area contributed by atoms with Gasteiger partial charge in [-0.05, 0) is 30.5 Å². The number of carbonyl (C=O) groups excluding carboxylic acids is 2. The molecule has 0 spiro atoms. The number of likely N-dealkylation sites (tertiary alicyclic amines) is 1. The molecule has 1 N–H and O–H groups in total. The van der Waals surface area contributed by atoms with Crippen LogP contribution < -0.4 is 4.90 Å². The summed E-state index contributed by atoms with van der Waals surface area (Å²) in [4.78, 5) is 28.1. The third kappa shape index (κ3) is 2.86. The van der Waals surface area contributed by atoms with E-state index in [9.17, 15) is 14.7 Å². The van der Waals surface area contributed by atoms with Crippen molar-refractivity contribution >= 4 is 17.5 Å². The van der Waals surface area contributed by atoms with Crippen molar-refractivity contribution in [1.29, 1.82) is 0 Å². The van der Waals surface area contributed by atoms with Gasteiger partial charge in [-0.3, -0.25) is 9.59 Å². The molecule has 2 fully saturated rings. The Morgan fingerprint density at radius 3 is 2.59 bits per heavy atom. The van der Waals surface area contributed by atoms with Crippen LogP contribution >= 0.6 is 0 Å². The van der Waals surface area contributed by atoms with Crippen LogP contribution in [0.1, 0.15) is 25.3 Å². The van der Waals surface area contributed by atoms with Crippen molar-refractivity contribution in [3.05, 3.63) is 29.8 Å². The lowest BCUT2D eigenvalue weighted by Gasteiger charge is -2.20. The van der Waals surface area contributed by atoms with E-state index in [1.807, 2.05) is 24.3 Å². The standard InChI is InChI=1S/C17H22N2O3/c1-2-12-3-5-14(6-4-12)19-10-13(9-16(19)21)17(22)18-8-7-15(20)11-18/h3-6,13,15,20H,2,7-11H2,1H3/t13?,15-/m0/s1. The van der Waals surface area contributed by atoms with Gasteiger partial charge >= 0.3 is 0 Å². The van der Waals surface area contributed by atoms with Crippen LogP contribution in [0.5, 0.6) is 0 Å². The van der Waals surface area contributed by atoms with Crippen LogP contribution in [0.3, 0.4) is 0 Å². The van der Waals surface area contributed by atoms with Crippen molar-refractivity contribution < 1.29 is 14.7 Å². The fourth-order valence-electron chi connectivity index (χ4n) is 3.23. The quantitative estimate of drug-likeness (QED) is 0.912. The molecule has 3 rings (SSSR count). The summed E-state index contributed by atoms with van der Waals surface area (Å²) in [6, 6.07) is 7.94. The molecule has 2 amide bonds. The summed E-state index contributed by atoms with van der Waals surface area (Å²) < 4.78 is 0. The fraction of sp³-hybridized carbons (Fsp3) is 0.529. The van der Waals surface area contributed by atoms with Gasteiger partial charge in [0.1, 0.15) is 0 Å². The molecule has 2 atom stereocenters. The van der Waals surface area contributed by atoms with Gasteiger partial charge in [0.2, 0.25) is 11.8 Å². The van der Waals surface area contributed by atoms with Gasteiger partial charge in [0.25, 0.3) is 0 Å². The number of amides is 2. The summed E-state index contributed by atoms with van der Waals surface area (Å²) >= 11 is 0. The third-order valence-electron chi connectivity index (χ3n) is 4.61. The lowest BCUT2D eigenvalue weighted by Crippen LogP contribution is -2.36. The maximum Gasteiger partial charge on any atom is 0.228 e. The van der Waals surface area contributed by atoms with E-state index >= 15 is 0 Å². The Morgan fingerprint density at radius 1 is 1.27 bits per heavy atom. The number of hydrogen-bond donors (Lipinski definition) is 1. The average molecular weight is 302 g/mol. The molecule has 5 heteroatoms. The summed E-state index contributed by atoms with van der Waals surface area (Å²) in [5.41, 5.74) is 2.09. The first-order valence-corrected chi connectivity index (χ1v) is 7.94. The topological polar surface area (TPSA) is 60.9 Å². The molecule has 1 aromatic rings. The van der Waals surface area contributed by atoms with Gasteiger partial charge in [0, 0.05) is 31.7 Å². The molecule has 2 saturated heterocycles. The number of aliphatic hydroxyl groups is 1. The predicted octanol–water partition coefficient (Wildman–Crippen LogP) is 1.20. The molecule has 2 aliphatic heterocycles. The van der Waals surface area contributed by atoms with E-state index < -0.39 is 6.10 Å². The zero-order chi connectivity index (χ0) is 15.7. The van der Waals surface area contributed by atoms with E-state index in [-0.39, 0.29) is 24.2 Å². The molecule has 2 aliphatic rings. The number of carbonyl (C=O) groups is 2. The van der Waals surface area contributed by atoms with Crippen LogP contribution in [0.4, 0.5) is 5.69 Å².